The fourth-order valence-corrected chi connectivity index (χ4v) is 1.53. The van der Waals surface area contributed by atoms with Crippen LogP contribution in [-0.4, -0.2) is 42.4 Å². The van der Waals surface area contributed by atoms with Crippen LogP contribution in [0.2, 0.25) is 0 Å². The lowest BCUT2D eigenvalue weighted by Crippen LogP contribution is -2.50. The molecule has 0 aromatic rings. The zero-order chi connectivity index (χ0) is 10.2. The molecule has 0 rings (SSSR count). The van der Waals surface area contributed by atoms with Crippen molar-refractivity contribution in [3.05, 3.63) is 38.0 Å². The van der Waals surface area contributed by atoms with E-state index in [-0.39, 0.29) is 6.61 Å². The third-order valence-electron chi connectivity index (χ3n) is 2.12. The molecule has 0 bridgehead atoms. The molecular formula is C11H20NO+. The Morgan fingerprint density at radius 1 is 0.923 bits per heavy atom. The summed E-state index contributed by atoms with van der Waals surface area (Å²) in [7, 11) is 0. The van der Waals surface area contributed by atoms with Crippen LogP contribution in [0, 0.1) is 0 Å². The molecule has 0 aromatic heterocycles. The smallest absolute Gasteiger partial charge is 0.103 e. The minimum absolute atomic E-state index is 0.190. The van der Waals surface area contributed by atoms with Crippen molar-refractivity contribution in [3.63, 3.8) is 0 Å². The molecular weight excluding hydrogens is 162 g/mol. The number of quaternary nitrogens is 1. The first-order valence-corrected chi connectivity index (χ1v) is 4.53. The molecule has 0 saturated heterocycles. The molecule has 0 amide bonds. The lowest BCUT2D eigenvalue weighted by molar-refractivity contribution is -0.912. The normalized spacial score (nSPS) is 10.8. The molecule has 0 spiro atoms. The van der Waals surface area contributed by atoms with Crippen molar-refractivity contribution in [1.82, 2.24) is 0 Å². The quantitative estimate of drug-likeness (QED) is 0.444. The molecule has 0 aromatic carbocycles. The minimum atomic E-state index is 0.190. The van der Waals surface area contributed by atoms with Gasteiger partial charge in [0.05, 0.1) is 26.2 Å². The highest BCUT2D eigenvalue weighted by molar-refractivity contribution is 4.76. The highest BCUT2D eigenvalue weighted by Gasteiger charge is 2.21. The zero-order valence-corrected chi connectivity index (χ0v) is 8.28. The highest BCUT2D eigenvalue weighted by Crippen LogP contribution is 2.06. The summed E-state index contributed by atoms with van der Waals surface area (Å²) in [5.74, 6) is 0. The Balaban J connectivity index is 4.44. The Morgan fingerprint density at radius 3 is 1.54 bits per heavy atom. The highest BCUT2D eigenvalue weighted by atomic mass is 16.3. The summed E-state index contributed by atoms with van der Waals surface area (Å²) in [4.78, 5) is 0. The predicted molar refractivity (Wildman–Crippen MR) is 57.4 cm³/mol. The van der Waals surface area contributed by atoms with Crippen LogP contribution in [-0.2, 0) is 0 Å². The van der Waals surface area contributed by atoms with Gasteiger partial charge in [-0.05, 0) is 18.2 Å². The standard InChI is InChI=1S/C11H20NO/c1-4-7-12(8-5-2,9-6-3)10-11-13/h4-6,13H,1-3,7-11H2/q+1. The molecule has 0 aliphatic heterocycles. The van der Waals surface area contributed by atoms with Crippen molar-refractivity contribution in [2.45, 2.75) is 0 Å². The van der Waals surface area contributed by atoms with Gasteiger partial charge in [0.25, 0.3) is 0 Å². The van der Waals surface area contributed by atoms with E-state index in [0.717, 1.165) is 30.7 Å². The first-order valence-electron chi connectivity index (χ1n) is 4.53. The number of aliphatic hydroxyl groups is 1. The molecule has 0 radical (unpaired) electrons. The number of rotatable bonds is 8. The third-order valence-corrected chi connectivity index (χ3v) is 2.12. The SMILES string of the molecule is C=CC[N+](CC=C)(CC=C)CCO. The maximum atomic E-state index is 8.96. The molecule has 0 atom stereocenters. The van der Waals surface area contributed by atoms with E-state index in [0.29, 0.717) is 0 Å². The van der Waals surface area contributed by atoms with Crippen molar-refractivity contribution >= 4 is 0 Å². The first kappa shape index (κ1) is 12.1. The Bertz CT molecular complexity index is 148. The fraction of sp³-hybridized carbons (Fsp3) is 0.455. The van der Waals surface area contributed by atoms with Crippen molar-refractivity contribution in [3.8, 4) is 0 Å². The Labute approximate surface area is 81.1 Å². The molecule has 1 N–H and O–H groups in total. The van der Waals surface area contributed by atoms with Gasteiger partial charge in [-0.1, -0.05) is 19.7 Å². The number of aliphatic hydroxyl groups excluding tert-OH is 1. The summed E-state index contributed by atoms with van der Waals surface area (Å²) in [6.45, 7) is 14.6. The summed E-state index contributed by atoms with van der Waals surface area (Å²) in [6, 6.07) is 0. The zero-order valence-electron chi connectivity index (χ0n) is 8.28. The molecule has 2 nitrogen and oxygen atoms in total. The van der Waals surface area contributed by atoms with Gasteiger partial charge in [0.2, 0.25) is 0 Å². The second kappa shape index (κ2) is 6.63. The second-order valence-electron chi connectivity index (χ2n) is 3.20. The Hall–Kier alpha value is -0.860. The summed E-state index contributed by atoms with van der Waals surface area (Å²) >= 11 is 0. The Kier molecular flexibility index (Phi) is 6.20. The maximum absolute atomic E-state index is 8.96. The summed E-state index contributed by atoms with van der Waals surface area (Å²) in [5.41, 5.74) is 0. The van der Waals surface area contributed by atoms with Crippen molar-refractivity contribution in [2.75, 3.05) is 32.8 Å². The average molecular weight is 182 g/mol. The van der Waals surface area contributed by atoms with Crippen molar-refractivity contribution in [2.24, 2.45) is 0 Å². The van der Waals surface area contributed by atoms with Crippen LogP contribution in [0.1, 0.15) is 0 Å². The topological polar surface area (TPSA) is 20.2 Å². The van der Waals surface area contributed by atoms with E-state index in [9.17, 15) is 0 Å². The van der Waals surface area contributed by atoms with Gasteiger partial charge in [-0.15, -0.1) is 0 Å². The monoisotopic (exact) mass is 182 g/mol. The molecule has 0 aliphatic carbocycles. The van der Waals surface area contributed by atoms with Crippen LogP contribution in [0.3, 0.4) is 0 Å². The number of nitrogens with zero attached hydrogens (tertiary/aromatic N) is 1. The van der Waals surface area contributed by atoms with Crippen LogP contribution in [0.4, 0.5) is 0 Å². The minimum Gasteiger partial charge on any atom is -0.391 e. The van der Waals surface area contributed by atoms with Crippen LogP contribution in [0.25, 0.3) is 0 Å². The van der Waals surface area contributed by atoms with Crippen LogP contribution >= 0.6 is 0 Å². The molecule has 74 valence electrons. The molecule has 0 aliphatic rings. The molecule has 0 heterocycles. The number of hydrogen-bond donors (Lipinski definition) is 1. The first-order chi connectivity index (χ1) is 6.24. The van der Waals surface area contributed by atoms with E-state index >= 15 is 0 Å². The van der Waals surface area contributed by atoms with E-state index in [1.165, 1.54) is 0 Å². The van der Waals surface area contributed by atoms with E-state index in [1.54, 1.807) is 0 Å². The summed E-state index contributed by atoms with van der Waals surface area (Å²) < 4.78 is 0.771. The van der Waals surface area contributed by atoms with Crippen LogP contribution < -0.4 is 0 Å². The molecule has 2 heteroatoms. The van der Waals surface area contributed by atoms with Gasteiger partial charge >= 0.3 is 0 Å². The molecule has 0 fully saturated rings. The van der Waals surface area contributed by atoms with Gasteiger partial charge in [-0.2, -0.15) is 0 Å². The average Bonchev–Trinajstić information content (AvgIpc) is 2.06. The summed E-state index contributed by atoms with van der Waals surface area (Å²) in [6.07, 6.45) is 5.63. The molecule has 0 saturated carbocycles. The van der Waals surface area contributed by atoms with E-state index in [1.807, 2.05) is 18.2 Å². The van der Waals surface area contributed by atoms with Crippen molar-refractivity contribution < 1.29 is 9.59 Å². The van der Waals surface area contributed by atoms with Gasteiger partial charge in [-0.3, -0.25) is 0 Å². The van der Waals surface area contributed by atoms with Gasteiger partial charge in [0.15, 0.2) is 0 Å². The third kappa shape index (κ3) is 4.06. The predicted octanol–water partition coefficient (Wildman–Crippen LogP) is 1.35. The van der Waals surface area contributed by atoms with Gasteiger partial charge in [-0.25, -0.2) is 0 Å². The van der Waals surface area contributed by atoms with E-state index in [4.69, 9.17) is 5.11 Å². The van der Waals surface area contributed by atoms with E-state index in [2.05, 4.69) is 19.7 Å². The van der Waals surface area contributed by atoms with Crippen LogP contribution in [0.15, 0.2) is 38.0 Å². The molecule has 13 heavy (non-hydrogen) atoms. The van der Waals surface area contributed by atoms with Crippen LogP contribution in [0.5, 0.6) is 0 Å². The van der Waals surface area contributed by atoms with Gasteiger partial charge in [0.1, 0.15) is 6.54 Å². The van der Waals surface area contributed by atoms with Crippen molar-refractivity contribution in [1.29, 1.82) is 0 Å². The van der Waals surface area contributed by atoms with E-state index < -0.39 is 0 Å². The largest absolute Gasteiger partial charge is 0.391 e. The summed E-state index contributed by atoms with van der Waals surface area (Å²) in [5, 5.41) is 8.96. The van der Waals surface area contributed by atoms with Gasteiger partial charge in [0, 0.05) is 0 Å². The Morgan fingerprint density at radius 2 is 1.31 bits per heavy atom. The second-order valence-corrected chi connectivity index (χ2v) is 3.20. The lowest BCUT2D eigenvalue weighted by Gasteiger charge is -2.35. The lowest BCUT2D eigenvalue weighted by atomic mass is 10.3. The fourth-order valence-electron chi connectivity index (χ4n) is 1.53. The van der Waals surface area contributed by atoms with Gasteiger partial charge < -0.3 is 9.59 Å². The maximum Gasteiger partial charge on any atom is 0.103 e. The number of hydrogen-bond acceptors (Lipinski definition) is 1. The molecule has 0 unspecified atom stereocenters.